The SMILES string of the molecule is CCOP(=O)(O)OCCCNCCNCCCl.Cl. The minimum absolute atomic E-state index is 0. The number of hydrogen-bond acceptors (Lipinski definition) is 5. The van der Waals surface area contributed by atoms with Crippen molar-refractivity contribution in [3.05, 3.63) is 0 Å². The lowest BCUT2D eigenvalue weighted by Crippen LogP contribution is -2.29. The first-order chi connectivity index (χ1) is 8.12. The van der Waals surface area contributed by atoms with Gasteiger partial charge in [0.15, 0.2) is 0 Å². The van der Waals surface area contributed by atoms with E-state index in [0.717, 1.165) is 26.2 Å². The highest BCUT2D eigenvalue weighted by Gasteiger charge is 2.18. The molecule has 0 bridgehead atoms. The predicted molar refractivity (Wildman–Crippen MR) is 75.7 cm³/mol. The second-order valence-electron chi connectivity index (χ2n) is 3.26. The van der Waals surface area contributed by atoms with Gasteiger partial charge < -0.3 is 15.5 Å². The topological polar surface area (TPSA) is 79.8 Å². The van der Waals surface area contributed by atoms with Crippen LogP contribution in [0.2, 0.25) is 0 Å². The van der Waals surface area contributed by atoms with Crippen LogP contribution in [0.1, 0.15) is 13.3 Å². The van der Waals surface area contributed by atoms with E-state index in [2.05, 4.69) is 15.2 Å². The van der Waals surface area contributed by atoms with E-state index in [0.29, 0.717) is 12.3 Å². The molecule has 0 aliphatic heterocycles. The van der Waals surface area contributed by atoms with E-state index in [1.54, 1.807) is 6.92 Å². The summed E-state index contributed by atoms with van der Waals surface area (Å²) < 4.78 is 20.4. The highest BCUT2D eigenvalue weighted by molar-refractivity contribution is 7.47. The van der Waals surface area contributed by atoms with Crippen molar-refractivity contribution in [2.24, 2.45) is 0 Å². The standard InChI is InChI=1S/C9H22ClN2O4P.ClH/c1-2-15-17(13,14)16-9-3-5-11-7-8-12-6-4-10;/h11-12H,2-9H2,1H3,(H,13,14);1H. The van der Waals surface area contributed by atoms with Gasteiger partial charge in [0.1, 0.15) is 0 Å². The third-order valence-electron chi connectivity index (χ3n) is 1.79. The van der Waals surface area contributed by atoms with Gasteiger partial charge in [0, 0.05) is 25.5 Å². The van der Waals surface area contributed by atoms with Gasteiger partial charge in [0.25, 0.3) is 0 Å². The zero-order valence-electron chi connectivity index (χ0n) is 10.6. The van der Waals surface area contributed by atoms with E-state index in [-0.39, 0.29) is 25.6 Å². The van der Waals surface area contributed by atoms with E-state index >= 15 is 0 Å². The highest BCUT2D eigenvalue weighted by Crippen LogP contribution is 2.42. The van der Waals surface area contributed by atoms with Gasteiger partial charge in [-0.3, -0.25) is 9.05 Å². The molecule has 0 aliphatic rings. The zero-order chi connectivity index (χ0) is 13.0. The molecule has 0 amide bonds. The van der Waals surface area contributed by atoms with E-state index in [1.165, 1.54) is 0 Å². The van der Waals surface area contributed by atoms with Crippen molar-refractivity contribution in [3.63, 3.8) is 0 Å². The molecule has 6 nitrogen and oxygen atoms in total. The first kappa shape index (κ1) is 20.9. The Morgan fingerprint density at radius 2 is 1.78 bits per heavy atom. The molecule has 18 heavy (non-hydrogen) atoms. The van der Waals surface area contributed by atoms with E-state index in [9.17, 15) is 4.57 Å². The summed E-state index contributed by atoms with van der Waals surface area (Å²) in [5, 5.41) is 6.30. The third-order valence-corrected chi connectivity index (χ3v) is 3.08. The molecule has 0 aliphatic carbocycles. The monoisotopic (exact) mass is 324 g/mol. The van der Waals surface area contributed by atoms with Crippen LogP contribution in [0, 0.1) is 0 Å². The molecule has 0 spiro atoms. The molecule has 0 radical (unpaired) electrons. The van der Waals surface area contributed by atoms with Crippen molar-refractivity contribution in [2.75, 3.05) is 45.3 Å². The highest BCUT2D eigenvalue weighted by atomic mass is 35.5. The Balaban J connectivity index is 0. The van der Waals surface area contributed by atoms with Crippen molar-refractivity contribution in [3.8, 4) is 0 Å². The van der Waals surface area contributed by atoms with Gasteiger partial charge in [0.05, 0.1) is 13.2 Å². The first-order valence-corrected chi connectivity index (χ1v) is 7.74. The molecule has 3 N–H and O–H groups in total. The van der Waals surface area contributed by atoms with E-state index in [1.807, 2.05) is 0 Å². The summed E-state index contributed by atoms with van der Waals surface area (Å²) in [6.07, 6.45) is 0.660. The van der Waals surface area contributed by atoms with Crippen LogP contribution < -0.4 is 10.6 Å². The summed E-state index contributed by atoms with van der Waals surface area (Å²) in [5.74, 6) is 0.608. The second-order valence-corrected chi connectivity index (χ2v) is 5.09. The Morgan fingerprint density at radius 1 is 1.17 bits per heavy atom. The molecule has 9 heteroatoms. The summed E-state index contributed by atoms with van der Waals surface area (Å²) in [4.78, 5) is 9.08. The molecule has 0 saturated heterocycles. The molecule has 1 unspecified atom stereocenters. The Hall–Kier alpha value is 0.610. The largest absolute Gasteiger partial charge is 0.472 e. The molecule has 0 saturated carbocycles. The van der Waals surface area contributed by atoms with E-state index in [4.69, 9.17) is 21.0 Å². The second kappa shape index (κ2) is 14.0. The Morgan fingerprint density at radius 3 is 2.33 bits per heavy atom. The molecular weight excluding hydrogens is 302 g/mol. The molecule has 1 atom stereocenters. The first-order valence-electron chi connectivity index (χ1n) is 5.71. The average molecular weight is 325 g/mol. The lowest BCUT2D eigenvalue weighted by molar-refractivity contribution is 0.154. The number of halogens is 2. The fraction of sp³-hybridized carbons (Fsp3) is 1.00. The fourth-order valence-corrected chi connectivity index (χ4v) is 1.97. The van der Waals surface area contributed by atoms with Crippen LogP contribution in [0.25, 0.3) is 0 Å². The quantitative estimate of drug-likeness (QED) is 0.286. The third kappa shape index (κ3) is 14.7. The van der Waals surface area contributed by atoms with Crippen molar-refractivity contribution in [1.29, 1.82) is 0 Å². The van der Waals surface area contributed by atoms with Crippen molar-refractivity contribution >= 4 is 31.8 Å². The predicted octanol–water partition coefficient (Wildman–Crippen LogP) is 1.37. The molecular formula is C9H23Cl2N2O4P. The lowest BCUT2D eigenvalue weighted by atomic mass is 10.4. The Kier molecular flexibility index (Phi) is 16.3. The maximum atomic E-state index is 11.1. The van der Waals surface area contributed by atoms with Crippen LogP contribution in [0.5, 0.6) is 0 Å². The lowest BCUT2D eigenvalue weighted by Gasteiger charge is -2.10. The Labute approximate surface area is 120 Å². The van der Waals surface area contributed by atoms with Gasteiger partial charge >= 0.3 is 7.82 Å². The molecule has 0 heterocycles. The van der Waals surface area contributed by atoms with Gasteiger partial charge in [-0.05, 0) is 19.9 Å². The van der Waals surface area contributed by atoms with Crippen molar-refractivity contribution in [2.45, 2.75) is 13.3 Å². The zero-order valence-corrected chi connectivity index (χ0v) is 13.0. The minimum Gasteiger partial charge on any atom is -0.315 e. The van der Waals surface area contributed by atoms with Gasteiger partial charge in [-0.1, -0.05) is 0 Å². The summed E-state index contributed by atoms with van der Waals surface area (Å²) in [6, 6.07) is 0. The molecule has 0 aromatic rings. The maximum absolute atomic E-state index is 11.1. The van der Waals surface area contributed by atoms with Crippen molar-refractivity contribution < 1.29 is 18.5 Å². The van der Waals surface area contributed by atoms with E-state index < -0.39 is 7.82 Å². The van der Waals surface area contributed by atoms with Crippen LogP contribution in [-0.4, -0.2) is 50.2 Å². The van der Waals surface area contributed by atoms with Gasteiger partial charge in [-0.15, -0.1) is 24.0 Å². The van der Waals surface area contributed by atoms with Crippen LogP contribution in [0.15, 0.2) is 0 Å². The van der Waals surface area contributed by atoms with Gasteiger partial charge in [-0.2, -0.15) is 0 Å². The summed E-state index contributed by atoms with van der Waals surface area (Å²) in [7, 11) is -3.82. The number of nitrogens with one attached hydrogen (secondary N) is 2. The number of hydrogen-bond donors (Lipinski definition) is 3. The molecule has 0 rings (SSSR count). The van der Waals surface area contributed by atoms with Gasteiger partial charge in [0.2, 0.25) is 0 Å². The maximum Gasteiger partial charge on any atom is 0.472 e. The smallest absolute Gasteiger partial charge is 0.315 e. The molecule has 0 aromatic carbocycles. The average Bonchev–Trinajstić information content (AvgIpc) is 2.27. The summed E-state index contributed by atoms with van der Waals surface area (Å²) in [5.41, 5.74) is 0. The normalized spacial score (nSPS) is 13.9. The Bertz CT molecular complexity index is 225. The summed E-state index contributed by atoms with van der Waals surface area (Å²) in [6.45, 7) is 5.23. The number of rotatable bonds is 12. The number of phosphoric ester groups is 1. The molecule has 0 aromatic heterocycles. The summed E-state index contributed by atoms with van der Waals surface area (Å²) >= 11 is 5.49. The van der Waals surface area contributed by atoms with Crippen LogP contribution in [0.4, 0.5) is 0 Å². The van der Waals surface area contributed by atoms with Crippen molar-refractivity contribution in [1.82, 2.24) is 10.6 Å². The molecule has 112 valence electrons. The fourth-order valence-electron chi connectivity index (χ4n) is 1.07. The van der Waals surface area contributed by atoms with Crippen LogP contribution in [-0.2, 0) is 13.6 Å². The van der Waals surface area contributed by atoms with Gasteiger partial charge in [-0.25, -0.2) is 4.57 Å². The van der Waals surface area contributed by atoms with Crippen LogP contribution in [0.3, 0.4) is 0 Å². The minimum atomic E-state index is -3.82. The molecule has 0 fully saturated rings. The van der Waals surface area contributed by atoms with Crippen LogP contribution >= 0.6 is 31.8 Å². The number of alkyl halides is 1. The number of phosphoric acid groups is 1.